The van der Waals surface area contributed by atoms with Crippen LogP contribution >= 0.6 is 23.2 Å². The van der Waals surface area contributed by atoms with Gasteiger partial charge in [-0.05, 0) is 12.1 Å². The van der Waals surface area contributed by atoms with E-state index < -0.39 is 0 Å². The van der Waals surface area contributed by atoms with Gasteiger partial charge in [0.05, 0.1) is 29.7 Å². The van der Waals surface area contributed by atoms with E-state index in [0.717, 1.165) is 24.7 Å². The van der Waals surface area contributed by atoms with Crippen molar-refractivity contribution in [2.75, 3.05) is 19.6 Å². The zero-order chi connectivity index (χ0) is 12.3. The smallest absolute Gasteiger partial charge is 0.274 e. The molecule has 0 aliphatic carbocycles. The molecule has 0 saturated carbocycles. The minimum Gasteiger partial charge on any atom is -0.274 e. The predicted octanol–water partition coefficient (Wildman–Crippen LogP) is 2.37. The molecule has 0 aromatic heterocycles. The maximum absolute atomic E-state index is 6.21. The number of benzene rings is 1. The third kappa shape index (κ3) is 2.56. The Morgan fingerprint density at radius 3 is 2.35 bits per heavy atom. The number of hydrogen-bond donors (Lipinski definition) is 2. The summed E-state index contributed by atoms with van der Waals surface area (Å²) in [6.07, 6.45) is 1.81. The third-order valence-electron chi connectivity index (χ3n) is 2.50. The van der Waals surface area contributed by atoms with Gasteiger partial charge in [-0.15, -0.1) is 0 Å². The van der Waals surface area contributed by atoms with Crippen LogP contribution in [-0.2, 0) is 0 Å². The Hall–Kier alpha value is -1.19. The normalized spacial score (nSPS) is 14.1. The number of guanidine groups is 1. The van der Waals surface area contributed by atoms with Crippen molar-refractivity contribution in [2.45, 2.75) is 0 Å². The highest BCUT2D eigenvalue weighted by atomic mass is 35.5. The molecular weight excluding hydrogens is 257 g/mol. The summed E-state index contributed by atoms with van der Waals surface area (Å²) in [4.78, 5) is 0. The van der Waals surface area contributed by atoms with Crippen LogP contribution in [0, 0.1) is 0 Å². The predicted molar refractivity (Wildman–Crippen MR) is 72.5 cm³/mol. The van der Waals surface area contributed by atoms with Crippen molar-refractivity contribution in [1.29, 1.82) is 0 Å². The molecule has 0 amide bonds. The van der Waals surface area contributed by atoms with Crippen LogP contribution in [0.1, 0.15) is 0 Å². The van der Waals surface area contributed by atoms with Crippen LogP contribution in [0.4, 0.5) is 5.69 Å². The quantitative estimate of drug-likeness (QED) is 0.652. The standard InChI is InChI=1S/C12H13Cl2N3/c1-2-8-17(12-15-6-7-16-12)11-9(13)4-3-5-10(11)14/h2-5H,1,6-8H2,(H,15,16)/p+1. The molecule has 1 aliphatic heterocycles. The molecule has 1 aromatic carbocycles. The number of rotatable bonds is 3. The molecule has 0 bridgehead atoms. The molecule has 1 heterocycles. The van der Waals surface area contributed by atoms with Crippen molar-refractivity contribution in [3.8, 4) is 0 Å². The second-order valence-electron chi connectivity index (χ2n) is 3.67. The molecular formula is C12H14Cl2N3+. The van der Waals surface area contributed by atoms with E-state index >= 15 is 0 Å². The largest absolute Gasteiger partial charge is 0.351 e. The van der Waals surface area contributed by atoms with Crippen LogP contribution in [0.3, 0.4) is 0 Å². The van der Waals surface area contributed by atoms with E-state index in [-0.39, 0.29) is 0 Å². The first-order valence-corrected chi connectivity index (χ1v) is 6.16. The lowest BCUT2D eigenvalue weighted by Gasteiger charge is -2.11. The molecule has 3 nitrogen and oxygen atoms in total. The summed E-state index contributed by atoms with van der Waals surface area (Å²) in [5.41, 5.74) is 0.799. The molecule has 1 fully saturated rings. The van der Waals surface area contributed by atoms with Gasteiger partial charge >= 0.3 is 5.96 Å². The molecule has 90 valence electrons. The van der Waals surface area contributed by atoms with E-state index in [0.29, 0.717) is 16.6 Å². The zero-order valence-electron chi connectivity index (χ0n) is 9.34. The van der Waals surface area contributed by atoms with Crippen LogP contribution in [0.25, 0.3) is 0 Å². The Morgan fingerprint density at radius 1 is 1.24 bits per heavy atom. The molecule has 1 aliphatic rings. The van der Waals surface area contributed by atoms with Crippen molar-refractivity contribution >= 4 is 34.8 Å². The van der Waals surface area contributed by atoms with Crippen LogP contribution in [0.15, 0.2) is 30.9 Å². The molecule has 1 aromatic rings. The maximum atomic E-state index is 6.21. The van der Waals surface area contributed by atoms with E-state index in [1.54, 1.807) is 0 Å². The Morgan fingerprint density at radius 2 is 1.82 bits per heavy atom. The van der Waals surface area contributed by atoms with Gasteiger partial charge in [-0.1, -0.05) is 41.9 Å². The van der Waals surface area contributed by atoms with E-state index in [9.17, 15) is 0 Å². The first-order valence-electron chi connectivity index (χ1n) is 5.41. The molecule has 0 spiro atoms. The average Bonchev–Trinajstić information content (AvgIpc) is 2.80. The van der Waals surface area contributed by atoms with Crippen LogP contribution in [-0.4, -0.2) is 30.2 Å². The molecule has 1 saturated heterocycles. The number of nitrogens with one attached hydrogen (secondary N) is 2. The molecule has 5 heteroatoms. The first-order chi connectivity index (χ1) is 8.24. The highest BCUT2D eigenvalue weighted by Gasteiger charge is 2.22. The summed E-state index contributed by atoms with van der Waals surface area (Å²) in [6.45, 7) is 6.19. The Bertz CT molecular complexity index is 441. The lowest BCUT2D eigenvalue weighted by Crippen LogP contribution is -2.34. The minimum absolute atomic E-state index is 0.627. The average molecular weight is 271 g/mol. The Labute approximate surface area is 111 Å². The lowest BCUT2D eigenvalue weighted by atomic mass is 10.3. The van der Waals surface area contributed by atoms with Crippen molar-refractivity contribution in [3.05, 3.63) is 40.9 Å². The number of hydrogen-bond acceptors (Lipinski definition) is 0. The highest BCUT2D eigenvalue weighted by Crippen LogP contribution is 2.32. The van der Waals surface area contributed by atoms with Crippen LogP contribution < -0.4 is 10.6 Å². The molecule has 2 N–H and O–H groups in total. The number of nitrogens with zero attached hydrogens (tertiary/aromatic N) is 1. The summed E-state index contributed by atoms with van der Waals surface area (Å²) in [6, 6.07) is 5.49. The van der Waals surface area contributed by atoms with Crippen molar-refractivity contribution in [2.24, 2.45) is 0 Å². The first kappa shape index (κ1) is 12.3. The zero-order valence-corrected chi connectivity index (χ0v) is 10.9. The van der Waals surface area contributed by atoms with Crippen LogP contribution in [0.2, 0.25) is 10.0 Å². The molecule has 2 rings (SSSR count). The number of para-hydroxylation sites is 1. The fraction of sp³-hybridized carbons (Fsp3) is 0.250. The molecule has 0 radical (unpaired) electrons. The number of halogens is 2. The molecule has 0 atom stereocenters. The van der Waals surface area contributed by atoms with E-state index in [2.05, 4.69) is 17.2 Å². The van der Waals surface area contributed by atoms with Crippen LogP contribution in [0.5, 0.6) is 0 Å². The fourth-order valence-electron chi connectivity index (χ4n) is 1.79. The molecule has 0 unspecified atom stereocenters. The summed E-state index contributed by atoms with van der Waals surface area (Å²) < 4.78 is 1.99. The van der Waals surface area contributed by atoms with Gasteiger partial charge in [-0.25, -0.2) is 4.58 Å². The second kappa shape index (κ2) is 5.43. The Kier molecular flexibility index (Phi) is 3.92. The van der Waals surface area contributed by atoms with Gasteiger partial charge in [0.25, 0.3) is 0 Å². The monoisotopic (exact) mass is 270 g/mol. The Balaban J connectivity index is 2.53. The van der Waals surface area contributed by atoms with Gasteiger partial charge in [0.15, 0.2) is 0 Å². The van der Waals surface area contributed by atoms with Gasteiger partial charge < -0.3 is 0 Å². The van der Waals surface area contributed by atoms with Gasteiger partial charge in [-0.2, -0.15) is 0 Å². The fourth-order valence-corrected chi connectivity index (χ4v) is 2.39. The lowest BCUT2D eigenvalue weighted by molar-refractivity contribution is -0.432. The summed E-state index contributed by atoms with van der Waals surface area (Å²) in [5, 5.41) is 7.78. The minimum atomic E-state index is 0.627. The second-order valence-corrected chi connectivity index (χ2v) is 4.49. The molecule has 17 heavy (non-hydrogen) atoms. The third-order valence-corrected chi connectivity index (χ3v) is 3.11. The van der Waals surface area contributed by atoms with E-state index in [4.69, 9.17) is 23.2 Å². The topological polar surface area (TPSA) is 27.1 Å². The van der Waals surface area contributed by atoms with Crippen molar-refractivity contribution < 1.29 is 4.58 Å². The van der Waals surface area contributed by atoms with Gasteiger partial charge in [0, 0.05) is 0 Å². The van der Waals surface area contributed by atoms with Gasteiger partial charge in [-0.3, -0.25) is 10.6 Å². The van der Waals surface area contributed by atoms with Crippen molar-refractivity contribution in [1.82, 2.24) is 10.6 Å². The summed E-state index contributed by atoms with van der Waals surface area (Å²) in [5.74, 6) is 0.917. The highest BCUT2D eigenvalue weighted by molar-refractivity contribution is 6.38. The van der Waals surface area contributed by atoms with E-state index in [1.165, 1.54) is 0 Å². The van der Waals surface area contributed by atoms with E-state index in [1.807, 2.05) is 28.9 Å². The van der Waals surface area contributed by atoms with Gasteiger partial charge in [0.1, 0.15) is 5.69 Å². The maximum Gasteiger partial charge on any atom is 0.351 e. The van der Waals surface area contributed by atoms with Gasteiger partial charge in [0.2, 0.25) is 0 Å². The summed E-state index contributed by atoms with van der Waals surface area (Å²) in [7, 11) is 0. The van der Waals surface area contributed by atoms with Crippen molar-refractivity contribution in [3.63, 3.8) is 0 Å². The summed E-state index contributed by atoms with van der Waals surface area (Å²) >= 11 is 12.4. The SMILES string of the molecule is C=CC[N+](=C1NCCN1)c1c(Cl)cccc1Cl.